The Morgan fingerprint density at radius 1 is 0.704 bits per heavy atom. The fraction of sp³-hybridized carbons (Fsp3) is 0.750. The molecule has 0 aliphatic heterocycles. The van der Waals surface area contributed by atoms with E-state index in [0.717, 1.165) is 0 Å². The standard InChI is InChI=1S/2C8H14O5.Zn/c2*1-6(5-12-2)13-8(11)4-3-7(9)10;/h2*6H,3-5H2,1-2H3,(H,9,10);. The summed E-state index contributed by atoms with van der Waals surface area (Å²) in [6.45, 7) is 4.00. The Morgan fingerprint density at radius 3 is 1.22 bits per heavy atom. The third-order valence-corrected chi connectivity index (χ3v) is 2.55. The molecule has 0 aromatic carbocycles. The Bertz CT molecular complexity index is 401. The van der Waals surface area contributed by atoms with Crippen LogP contribution in [0.2, 0.25) is 0 Å². The molecule has 0 aromatic heterocycles. The van der Waals surface area contributed by atoms with Crippen molar-refractivity contribution < 1.29 is 67.8 Å². The minimum absolute atomic E-state index is 0. The molecule has 27 heavy (non-hydrogen) atoms. The van der Waals surface area contributed by atoms with E-state index in [0.29, 0.717) is 13.2 Å². The molecule has 2 unspecified atom stereocenters. The number of hydrogen-bond donors (Lipinski definition) is 2. The van der Waals surface area contributed by atoms with E-state index in [1.807, 2.05) is 0 Å². The maximum Gasteiger partial charge on any atom is 0.306 e. The molecule has 0 rings (SSSR count). The molecular formula is C16H28O10Zn. The van der Waals surface area contributed by atoms with Crippen molar-refractivity contribution in [2.45, 2.75) is 51.7 Å². The van der Waals surface area contributed by atoms with E-state index in [1.54, 1.807) is 13.8 Å². The molecule has 0 saturated carbocycles. The SMILES string of the molecule is COCC(C)OC(=O)CCC(=O)O.COCC(C)OC(=O)CCC(=O)O.[Zn]. The molecular weight excluding hydrogens is 418 g/mol. The van der Waals surface area contributed by atoms with Crippen LogP contribution in [0, 0.1) is 0 Å². The van der Waals surface area contributed by atoms with Crippen LogP contribution >= 0.6 is 0 Å². The van der Waals surface area contributed by atoms with Crippen LogP contribution in [-0.2, 0) is 57.6 Å². The number of hydrogen-bond acceptors (Lipinski definition) is 8. The first-order valence-electron chi connectivity index (χ1n) is 7.92. The van der Waals surface area contributed by atoms with Gasteiger partial charge >= 0.3 is 23.9 Å². The van der Waals surface area contributed by atoms with Crippen molar-refractivity contribution in [1.82, 2.24) is 0 Å². The zero-order valence-corrected chi connectivity index (χ0v) is 19.2. The minimum atomic E-state index is -1.00. The number of carbonyl (C=O) groups excluding carboxylic acids is 2. The Hall–Kier alpha value is -1.58. The maximum absolute atomic E-state index is 10.9. The summed E-state index contributed by atoms with van der Waals surface area (Å²) in [5, 5.41) is 16.5. The zero-order valence-electron chi connectivity index (χ0n) is 16.3. The van der Waals surface area contributed by atoms with Crippen molar-refractivity contribution in [3.8, 4) is 0 Å². The summed E-state index contributed by atoms with van der Waals surface area (Å²) in [5.74, 6) is -3.02. The Labute approximate surface area is 171 Å². The molecule has 10 nitrogen and oxygen atoms in total. The summed E-state index contributed by atoms with van der Waals surface area (Å²) < 4.78 is 19.1. The van der Waals surface area contributed by atoms with E-state index >= 15 is 0 Å². The van der Waals surface area contributed by atoms with Gasteiger partial charge in [-0.25, -0.2) is 0 Å². The molecule has 154 valence electrons. The predicted octanol–water partition coefficient (Wildman–Crippen LogP) is 0.856. The van der Waals surface area contributed by atoms with Crippen molar-refractivity contribution in [3.05, 3.63) is 0 Å². The normalized spacial score (nSPS) is 11.7. The Morgan fingerprint density at radius 2 is 1.00 bits per heavy atom. The molecule has 0 bridgehead atoms. The fourth-order valence-electron chi connectivity index (χ4n) is 1.52. The smallest absolute Gasteiger partial charge is 0.306 e. The van der Waals surface area contributed by atoms with Crippen LogP contribution in [0.15, 0.2) is 0 Å². The van der Waals surface area contributed by atoms with Crippen LogP contribution in [-0.4, -0.2) is 73.7 Å². The summed E-state index contributed by atoms with van der Waals surface area (Å²) >= 11 is 0. The number of carboxylic acid groups (broad SMARTS) is 2. The maximum atomic E-state index is 10.9. The number of esters is 2. The van der Waals surface area contributed by atoms with Gasteiger partial charge in [-0.15, -0.1) is 0 Å². The van der Waals surface area contributed by atoms with Gasteiger partial charge in [0.2, 0.25) is 0 Å². The van der Waals surface area contributed by atoms with Crippen molar-refractivity contribution in [3.63, 3.8) is 0 Å². The third kappa shape index (κ3) is 24.4. The van der Waals surface area contributed by atoms with E-state index in [-0.39, 0.29) is 57.4 Å². The first-order valence-corrected chi connectivity index (χ1v) is 7.92. The zero-order chi connectivity index (χ0) is 20.5. The molecule has 11 heteroatoms. The number of ether oxygens (including phenoxy) is 4. The van der Waals surface area contributed by atoms with Crippen molar-refractivity contribution in [1.29, 1.82) is 0 Å². The Kier molecular flexibility index (Phi) is 21.4. The summed E-state index contributed by atoms with van der Waals surface area (Å²) in [5.41, 5.74) is 0. The molecule has 0 radical (unpaired) electrons. The van der Waals surface area contributed by atoms with Gasteiger partial charge in [0.05, 0.1) is 38.9 Å². The van der Waals surface area contributed by atoms with Gasteiger partial charge in [0, 0.05) is 33.7 Å². The van der Waals surface area contributed by atoms with Crippen LogP contribution in [0.25, 0.3) is 0 Å². The summed E-state index contributed by atoms with van der Waals surface area (Å²) in [6, 6.07) is 0. The molecule has 0 amide bonds. The molecule has 0 spiro atoms. The fourth-order valence-corrected chi connectivity index (χ4v) is 1.52. The second-order valence-corrected chi connectivity index (χ2v) is 5.30. The number of methoxy groups -OCH3 is 2. The average Bonchev–Trinajstić information content (AvgIpc) is 2.52. The van der Waals surface area contributed by atoms with E-state index < -0.39 is 23.9 Å². The van der Waals surface area contributed by atoms with Crippen LogP contribution < -0.4 is 0 Å². The Balaban J connectivity index is -0.000000411. The summed E-state index contributed by atoms with van der Waals surface area (Å²) in [4.78, 5) is 41.9. The van der Waals surface area contributed by atoms with Crippen LogP contribution in [0.3, 0.4) is 0 Å². The molecule has 0 fully saturated rings. The summed E-state index contributed by atoms with van der Waals surface area (Å²) in [6.07, 6.45) is -1.23. The minimum Gasteiger partial charge on any atom is -0.481 e. The van der Waals surface area contributed by atoms with Gasteiger partial charge < -0.3 is 29.2 Å². The van der Waals surface area contributed by atoms with E-state index in [4.69, 9.17) is 29.2 Å². The molecule has 0 aromatic rings. The van der Waals surface area contributed by atoms with Crippen LogP contribution in [0.5, 0.6) is 0 Å². The van der Waals surface area contributed by atoms with E-state index in [2.05, 4.69) is 0 Å². The largest absolute Gasteiger partial charge is 0.481 e. The van der Waals surface area contributed by atoms with E-state index in [9.17, 15) is 19.2 Å². The van der Waals surface area contributed by atoms with Gasteiger partial charge in [0.15, 0.2) is 0 Å². The second-order valence-electron chi connectivity index (χ2n) is 5.30. The van der Waals surface area contributed by atoms with Gasteiger partial charge in [-0.1, -0.05) is 0 Å². The van der Waals surface area contributed by atoms with Gasteiger partial charge in [0.25, 0.3) is 0 Å². The second kappa shape index (κ2) is 19.2. The van der Waals surface area contributed by atoms with Crippen molar-refractivity contribution in [2.24, 2.45) is 0 Å². The molecule has 2 N–H and O–H groups in total. The molecule has 0 aliphatic rings. The van der Waals surface area contributed by atoms with Crippen LogP contribution in [0.1, 0.15) is 39.5 Å². The molecule has 0 saturated heterocycles. The first kappa shape index (κ1) is 30.2. The van der Waals surface area contributed by atoms with Gasteiger partial charge in [-0.2, -0.15) is 0 Å². The van der Waals surface area contributed by atoms with Gasteiger partial charge in [-0.05, 0) is 13.8 Å². The number of carbonyl (C=O) groups is 4. The quantitative estimate of drug-likeness (QED) is 0.327. The number of carboxylic acids is 2. The van der Waals surface area contributed by atoms with Crippen LogP contribution in [0.4, 0.5) is 0 Å². The summed E-state index contributed by atoms with van der Waals surface area (Å²) in [7, 11) is 3.00. The van der Waals surface area contributed by atoms with E-state index in [1.165, 1.54) is 14.2 Å². The topological polar surface area (TPSA) is 146 Å². The molecule has 2 atom stereocenters. The third-order valence-electron chi connectivity index (χ3n) is 2.55. The molecule has 0 aliphatic carbocycles. The molecule has 0 heterocycles. The number of aliphatic carboxylic acids is 2. The number of rotatable bonds is 12. The van der Waals surface area contributed by atoms with Crippen molar-refractivity contribution >= 4 is 23.9 Å². The first-order chi connectivity index (χ1) is 12.1. The monoisotopic (exact) mass is 444 g/mol. The van der Waals surface area contributed by atoms with Gasteiger partial charge in [0.1, 0.15) is 12.2 Å². The predicted molar refractivity (Wildman–Crippen MR) is 88.6 cm³/mol. The van der Waals surface area contributed by atoms with Crippen molar-refractivity contribution in [2.75, 3.05) is 27.4 Å². The average molecular weight is 446 g/mol. The van der Waals surface area contributed by atoms with Gasteiger partial charge in [-0.3, -0.25) is 19.2 Å².